The van der Waals surface area contributed by atoms with Gasteiger partial charge < -0.3 is 10.2 Å². The van der Waals surface area contributed by atoms with Crippen molar-refractivity contribution >= 4 is 11.9 Å². The lowest BCUT2D eigenvalue weighted by Gasteiger charge is -2.32. The summed E-state index contributed by atoms with van der Waals surface area (Å²) in [5, 5.41) is 3.88. The van der Waals surface area contributed by atoms with E-state index in [0.29, 0.717) is 13.1 Å². The number of nitrogens with one attached hydrogen (secondary N) is 1. The van der Waals surface area contributed by atoms with Crippen LogP contribution in [0, 0.1) is 0 Å². The minimum Gasteiger partial charge on any atom is -0.352 e. The highest BCUT2D eigenvalue weighted by atomic mass is 16.2. The second-order valence-corrected chi connectivity index (χ2v) is 3.97. The molecule has 1 heterocycles. The maximum Gasteiger partial charge on any atom is 0.334 e. The van der Waals surface area contributed by atoms with Crippen molar-refractivity contribution < 1.29 is 9.59 Å². The van der Waals surface area contributed by atoms with Gasteiger partial charge in [0.2, 0.25) is 5.91 Å². The third-order valence-electron chi connectivity index (χ3n) is 2.13. The molecular formula is C9H18N4O2. The molecule has 1 rings (SSSR count). The molecule has 0 radical (unpaired) electrons. The zero-order chi connectivity index (χ0) is 11.4. The first kappa shape index (κ1) is 11.8. The summed E-state index contributed by atoms with van der Waals surface area (Å²) in [6.07, 6.45) is 0.803. The van der Waals surface area contributed by atoms with Crippen molar-refractivity contribution in [2.24, 2.45) is 5.84 Å². The molecule has 86 valence electrons. The molecule has 0 atom stereocenters. The van der Waals surface area contributed by atoms with Gasteiger partial charge in [0, 0.05) is 19.1 Å². The number of hydrazine groups is 1. The molecule has 15 heavy (non-hydrogen) atoms. The van der Waals surface area contributed by atoms with Crippen LogP contribution in [0.5, 0.6) is 0 Å². The van der Waals surface area contributed by atoms with E-state index < -0.39 is 0 Å². The van der Waals surface area contributed by atoms with E-state index in [-0.39, 0.29) is 24.5 Å². The van der Waals surface area contributed by atoms with Gasteiger partial charge in [0.05, 0.1) is 0 Å². The Kier molecular flexibility index (Phi) is 3.90. The SMILES string of the molecule is CC(C)NC(=O)CN1CCCN(N)C1=O. The topological polar surface area (TPSA) is 78.7 Å². The monoisotopic (exact) mass is 214 g/mol. The Morgan fingerprint density at radius 3 is 2.80 bits per heavy atom. The molecule has 3 N–H and O–H groups in total. The second kappa shape index (κ2) is 4.97. The summed E-state index contributed by atoms with van der Waals surface area (Å²) in [4.78, 5) is 24.4. The van der Waals surface area contributed by atoms with Crippen molar-refractivity contribution in [2.75, 3.05) is 19.6 Å². The van der Waals surface area contributed by atoms with E-state index in [2.05, 4.69) is 5.32 Å². The van der Waals surface area contributed by atoms with Gasteiger partial charge in [0.25, 0.3) is 0 Å². The summed E-state index contributed by atoms with van der Waals surface area (Å²) in [5.74, 6) is 5.31. The van der Waals surface area contributed by atoms with Crippen LogP contribution in [0.15, 0.2) is 0 Å². The molecule has 1 saturated heterocycles. The molecule has 1 aliphatic heterocycles. The summed E-state index contributed by atoms with van der Waals surface area (Å²) >= 11 is 0. The van der Waals surface area contributed by atoms with Gasteiger partial charge in [-0.1, -0.05) is 0 Å². The maximum atomic E-state index is 11.5. The maximum absolute atomic E-state index is 11.5. The number of hydrogen-bond acceptors (Lipinski definition) is 3. The number of amides is 3. The van der Waals surface area contributed by atoms with Gasteiger partial charge in [-0.3, -0.25) is 9.80 Å². The lowest BCUT2D eigenvalue weighted by Crippen LogP contribution is -2.55. The molecule has 0 unspecified atom stereocenters. The first-order chi connectivity index (χ1) is 7.00. The Hall–Kier alpha value is -1.30. The van der Waals surface area contributed by atoms with E-state index in [9.17, 15) is 9.59 Å². The van der Waals surface area contributed by atoms with E-state index in [1.807, 2.05) is 13.8 Å². The summed E-state index contributed by atoms with van der Waals surface area (Å²) in [7, 11) is 0. The third-order valence-corrected chi connectivity index (χ3v) is 2.13. The van der Waals surface area contributed by atoms with E-state index in [1.165, 1.54) is 4.90 Å². The fourth-order valence-corrected chi connectivity index (χ4v) is 1.49. The van der Waals surface area contributed by atoms with Crippen molar-refractivity contribution in [2.45, 2.75) is 26.3 Å². The number of hydrogen-bond donors (Lipinski definition) is 2. The first-order valence-electron chi connectivity index (χ1n) is 5.11. The van der Waals surface area contributed by atoms with Crippen LogP contribution in [0.25, 0.3) is 0 Å². The molecule has 0 aromatic heterocycles. The van der Waals surface area contributed by atoms with Crippen LogP contribution in [0.2, 0.25) is 0 Å². The molecule has 1 aliphatic rings. The van der Waals surface area contributed by atoms with Gasteiger partial charge in [-0.15, -0.1) is 0 Å². The van der Waals surface area contributed by atoms with Crippen LogP contribution in [0.1, 0.15) is 20.3 Å². The molecular weight excluding hydrogens is 196 g/mol. The largest absolute Gasteiger partial charge is 0.352 e. The number of urea groups is 1. The molecule has 0 aromatic rings. The van der Waals surface area contributed by atoms with Gasteiger partial charge in [0.15, 0.2) is 0 Å². The van der Waals surface area contributed by atoms with E-state index >= 15 is 0 Å². The van der Waals surface area contributed by atoms with Gasteiger partial charge in [-0.2, -0.15) is 0 Å². The average molecular weight is 214 g/mol. The van der Waals surface area contributed by atoms with Gasteiger partial charge >= 0.3 is 6.03 Å². The highest BCUT2D eigenvalue weighted by Crippen LogP contribution is 2.04. The Balaban J connectivity index is 2.43. The highest BCUT2D eigenvalue weighted by molar-refractivity contribution is 5.84. The predicted molar refractivity (Wildman–Crippen MR) is 55.8 cm³/mol. The number of carbonyl (C=O) groups is 2. The highest BCUT2D eigenvalue weighted by Gasteiger charge is 2.24. The van der Waals surface area contributed by atoms with Crippen LogP contribution in [-0.4, -0.2) is 47.5 Å². The fraction of sp³-hybridized carbons (Fsp3) is 0.778. The molecule has 0 aromatic carbocycles. The molecule has 6 heteroatoms. The smallest absolute Gasteiger partial charge is 0.334 e. The van der Waals surface area contributed by atoms with E-state index in [0.717, 1.165) is 11.4 Å². The third kappa shape index (κ3) is 3.39. The Morgan fingerprint density at radius 1 is 1.53 bits per heavy atom. The van der Waals surface area contributed by atoms with Crippen molar-refractivity contribution in [3.8, 4) is 0 Å². The standard InChI is InChI=1S/C9H18N4O2/c1-7(2)11-8(14)6-12-4-3-5-13(10)9(12)15/h7H,3-6,10H2,1-2H3,(H,11,14). The normalized spacial score (nSPS) is 17.2. The van der Waals surface area contributed by atoms with Crippen molar-refractivity contribution in [3.63, 3.8) is 0 Å². The first-order valence-corrected chi connectivity index (χ1v) is 5.11. The van der Waals surface area contributed by atoms with Crippen LogP contribution in [0.4, 0.5) is 4.79 Å². The van der Waals surface area contributed by atoms with Crippen molar-refractivity contribution in [1.82, 2.24) is 15.2 Å². The molecule has 0 aliphatic carbocycles. The average Bonchev–Trinajstić information content (AvgIpc) is 2.11. The summed E-state index contributed by atoms with van der Waals surface area (Å²) in [5.41, 5.74) is 0. The van der Waals surface area contributed by atoms with Crippen molar-refractivity contribution in [1.29, 1.82) is 0 Å². The quantitative estimate of drug-likeness (QED) is 0.491. The van der Waals surface area contributed by atoms with E-state index in [4.69, 9.17) is 5.84 Å². The van der Waals surface area contributed by atoms with Gasteiger partial charge in [-0.25, -0.2) is 10.6 Å². The van der Waals surface area contributed by atoms with Crippen LogP contribution >= 0.6 is 0 Å². The number of carbonyl (C=O) groups excluding carboxylic acids is 2. The molecule has 6 nitrogen and oxygen atoms in total. The minimum absolute atomic E-state index is 0.0880. The zero-order valence-corrected chi connectivity index (χ0v) is 9.19. The molecule has 1 fully saturated rings. The van der Waals surface area contributed by atoms with Crippen LogP contribution in [0.3, 0.4) is 0 Å². The second-order valence-electron chi connectivity index (χ2n) is 3.97. The number of nitrogens with zero attached hydrogens (tertiary/aromatic N) is 2. The van der Waals surface area contributed by atoms with Gasteiger partial charge in [-0.05, 0) is 20.3 Å². The lowest BCUT2D eigenvalue weighted by atomic mass is 10.3. The van der Waals surface area contributed by atoms with Crippen molar-refractivity contribution in [3.05, 3.63) is 0 Å². The predicted octanol–water partition coefficient (Wildman–Crippen LogP) is -0.488. The fourth-order valence-electron chi connectivity index (χ4n) is 1.49. The number of nitrogens with two attached hydrogens (primary N) is 1. The number of rotatable bonds is 3. The summed E-state index contributed by atoms with van der Waals surface area (Å²) < 4.78 is 0. The van der Waals surface area contributed by atoms with Crippen LogP contribution < -0.4 is 11.2 Å². The van der Waals surface area contributed by atoms with Crippen LogP contribution in [-0.2, 0) is 4.79 Å². The molecule has 0 spiro atoms. The zero-order valence-electron chi connectivity index (χ0n) is 9.19. The summed E-state index contributed by atoms with van der Waals surface area (Å²) in [6.45, 7) is 5.00. The minimum atomic E-state index is -0.278. The Labute approximate surface area is 89.4 Å². The molecule has 0 saturated carbocycles. The molecule has 3 amide bonds. The Morgan fingerprint density at radius 2 is 2.20 bits per heavy atom. The lowest BCUT2D eigenvalue weighted by molar-refractivity contribution is -0.122. The molecule has 0 bridgehead atoms. The van der Waals surface area contributed by atoms with E-state index in [1.54, 1.807) is 0 Å². The summed E-state index contributed by atoms with van der Waals surface area (Å²) in [6, 6.07) is -0.188. The Bertz CT molecular complexity index is 254. The van der Waals surface area contributed by atoms with Gasteiger partial charge in [0.1, 0.15) is 6.54 Å².